The number of carbonyl (C=O) groups excluding carboxylic acids is 15. The van der Waals surface area contributed by atoms with Crippen molar-refractivity contribution in [2.45, 2.75) is 177 Å². The Kier molecular flexibility index (Phi) is 31.2. The molecule has 3 aromatic heterocycles. The number of aliphatic hydroxyl groups is 1. The zero-order chi connectivity index (χ0) is 84.1. The molecule has 15 amide bonds. The number of aliphatic carboxylic acids is 1. The molecule has 115 heavy (non-hydrogen) atoms. The number of imidazole rings is 1. The fourth-order valence-corrected chi connectivity index (χ4v) is 15.2. The Balaban J connectivity index is 1.19. The molecule has 2 saturated heterocycles. The van der Waals surface area contributed by atoms with Gasteiger partial charge in [-0.1, -0.05) is 90.4 Å². The van der Waals surface area contributed by atoms with Crippen LogP contribution < -0.4 is 75.7 Å². The van der Waals surface area contributed by atoms with E-state index in [9.17, 15) is 85.7 Å². The van der Waals surface area contributed by atoms with Gasteiger partial charge < -0.3 is 106 Å². The first-order valence-electron chi connectivity index (χ1n) is 36.3. The predicted molar refractivity (Wildman–Crippen MR) is 408 cm³/mol. The van der Waals surface area contributed by atoms with Crippen LogP contribution in [0.15, 0.2) is 97.7 Å². The number of aliphatic hydroxyl groups excluding tert-OH is 1. The number of nitrogens with one attached hydrogen (secondary N) is 14. The van der Waals surface area contributed by atoms with Gasteiger partial charge in [-0.3, -0.25) is 76.7 Å². The minimum Gasteiger partial charge on any atom is -0.481 e. The van der Waals surface area contributed by atoms with Crippen LogP contribution in [-0.2, 0) is 109 Å². The lowest BCUT2D eigenvalue weighted by atomic mass is 9.97. The van der Waals surface area contributed by atoms with E-state index >= 15 is 14.4 Å². The number of amides is 15. The Bertz CT molecular complexity index is 4580. The van der Waals surface area contributed by atoms with E-state index in [1.54, 1.807) is 67.8 Å². The van der Waals surface area contributed by atoms with Crippen molar-refractivity contribution in [2.24, 2.45) is 23.1 Å². The van der Waals surface area contributed by atoms with Crippen LogP contribution in [0.4, 0.5) is 13.2 Å². The smallest absolute Gasteiger partial charge is 0.416 e. The third-order valence-corrected chi connectivity index (χ3v) is 21.5. The molecule has 22 N–H and O–H groups in total. The lowest BCUT2D eigenvalue weighted by Gasteiger charge is -2.30. The largest absolute Gasteiger partial charge is 0.481 e. The van der Waals surface area contributed by atoms with Crippen LogP contribution in [0.3, 0.4) is 0 Å². The average molecular weight is 1640 g/mol. The van der Waals surface area contributed by atoms with Gasteiger partial charge >= 0.3 is 12.1 Å². The number of nitrogens with two attached hydrogens (primary N) is 3. The van der Waals surface area contributed by atoms with Gasteiger partial charge in [0.1, 0.15) is 72.5 Å². The number of H-pyrrole nitrogens is 3. The van der Waals surface area contributed by atoms with Crippen molar-refractivity contribution in [3.05, 3.63) is 126 Å². The Morgan fingerprint density at radius 1 is 0.609 bits per heavy atom. The molecule has 0 aliphatic carbocycles. The van der Waals surface area contributed by atoms with Crippen LogP contribution in [0, 0.1) is 5.92 Å². The summed E-state index contributed by atoms with van der Waals surface area (Å²) in [7, 11) is 1.34. The van der Waals surface area contributed by atoms with E-state index < -0.39 is 234 Å². The normalized spacial score (nSPS) is 21.3. The van der Waals surface area contributed by atoms with Gasteiger partial charge in [-0.2, -0.15) is 13.2 Å². The molecule has 0 spiro atoms. The highest BCUT2D eigenvalue weighted by Crippen LogP contribution is 2.30. The van der Waals surface area contributed by atoms with Crippen molar-refractivity contribution in [2.75, 3.05) is 18.1 Å². The van der Waals surface area contributed by atoms with Crippen LogP contribution in [0.25, 0.3) is 21.8 Å². The highest BCUT2D eigenvalue weighted by Gasteiger charge is 2.42. The van der Waals surface area contributed by atoms with E-state index in [-0.39, 0.29) is 43.5 Å². The lowest BCUT2D eigenvalue weighted by molar-refractivity contribution is -0.142. The number of carboxylic acid groups (broad SMARTS) is 1. The Hall–Kier alpha value is -12.1. The minimum atomic E-state index is -4.87. The zero-order valence-corrected chi connectivity index (χ0v) is 64.1. The molecule has 2 aliphatic rings. The molecule has 42 heteroatoms. The highest BCUT2D eigenvalue weighted by atomic mass is 33.1. The quantitative estimate of drug-likeness (QED) is 0.0227. The van der Waals surface area contributed by atoms with Crippen LogP contribution in [0.1, 0.15) is 94.2 Å². The number of likely N-dealkylation sites (tertiary alicyclic amines) is 1. The number of carboxylic acids is 1. The number of nitrogens with zero attached hydrogens (tertiary/aromatic N) is 2. The Morgan fingerprint density at radius 3 is 1.64 bits per heavy atom. The fraction of sp³-hybridized carbons (Fsp3) is 0.438. The molecule has 8 rings (SSSR count). The van der Waals surface area contributed by atoms with Gasteiger partial charge in [0.15, 0.2) is 0 Å². The van der Waals surface area contributed by atoms with E-state index in [1.807, 2.05) is 0 Å². The van der Waals surface area contributed by atoms with E-state index in [4.69, 9.17) is 17.2 Å². The standard InChI is InChI=1S/C73H90F3N19O18S2/c1-5-34(2)59(93-71(112)60(35(3)96)94-67(108)47(84-36(4)97)22-38-28-81-44-13-8-6-11-42(38)44)70(111)92-54-32-115-114-31-53(69(110)90-52(72(113)95-20-10-15-55(95)61(79)102)23-39-29-82-45-14-9-7-12-43(39)45)91-66(107)51(27-58(100)101)89-63(104)48(24-41-30-80-33-83-41)86-62(103)46(21-37-16-18-40(19-17-37)73(74,75)76)85-64(105)49(25-56(77)98)87-65(106)50(26-57(78)99)88-68(54)109/h6-9,11-14,16-19,28-30,33-35,46-55,59-60,81-82,96H,5,10,15,20-27,31-32H2,1-4H3,(H2,77,98)(H2,78,99)(H2,79,102)(H,80,83)(H,84,97)(H,85,105)(H,86,103)(H,87,106)(H,88,109)(H,89,104)(H,90,110)(H,91,107)(H,92,111)(H,93,112)(H,94,108)(H,100,101)/t34-,35+,46-,47-,48-,49-,50-,51-,52-,53-,54-,55-,59-,60-/m0/s1. The SMILES string of the molecule is CC[C@H](C)[C@H](NC(=O)[C@@H](NC(=O)[C@H](Cc1c[nH]c2ccccc12)NC(C)=O)[C@@H](C)O)C(=O)N[C@H]1CSSC[C@@H](C(=O)N[C@@H](Cc2c[nH]c3ccccc23)C(=O)N2CCC[C@H]2C(N)=O)NC(=O)[C@H](CC(=O)O)NC(=O)[C@H](Cc2c[nH]cn2)NC(=O)[C@H](Cc2ccc(C(F)(F)F)cc2)NC(=O)[C@H](CC(N)=O)NC(=O)[C@H](CC(N)=O)NC1=O. The second-order valence-electron chi connectivity index (χ2n) is 27.7. The van der Waals surface area contributed by atoms with E-state index in [2.05, 4.69) is 78.4 Å². The molecule has 2 aliphatic heterocycles. The number of carbonyl (C=O) groups is 16. The fourth-order valence-electron chi connectivity index (χ4n) is 12.9. The molecule has 2 fully saturated rings. The molecule has 3 aromatic carbocycles. The number of alkyl halides is 3. The van der Waals surface area contributed by atoms with Crippen molar-refractivity contribution < 1.29 is 100 Å². The van der Waals surface area contributed by atoms with Crippen molar-refractivity contribution >= 4 is 138 Å². The molecule has 37 nitrogen and oxygen atoms in total. The molecular formula is C73H90F3N19O18S2. The summed E-state index contributed by atoms with van der Waals surface area (Å²) in [6, 6.07) is -4.84. The Morgan fingerprint density at radius 2 is 1.12 bits per heavy atom. The maximum Gasteiger partial charge on any atom is 0.416 e. The number of primary amides is 3. The van der Waals surface area contributed by atoms with Crippen molar-refractivity contribution in [1.82, 2.24) is 83.3 Å². The average Bonchev–Trinajstić information content (AvgIpc) is 1.66. The van der Waals surface area contributed by atoms with Gasteiger partial charge in [0.2, 0.25) is 88.6 Å². The monoisotopic (exact) mass is 1640 g/mol. The van der Waals surface area contributed by atoms with Crippen molar-refractivity contribution in [1.29, 1.82) is 0 Å². The molecule has 5 heterocycles. The number of benzene rings is 3. The summed E-state index contributed by atoms with van der Waals surface area (Å²) in [5.41, 5.74) is 18.2. The van der Waals surface area contributed by atoms with Gasteiger partial charge in [0.25, 0.3) is 0 Å². The summed E-state index contributed by atoms with van der Waals surface area (Å²) in [6.45, 7) is 5.43. The zero-order valence-electron chi connectivity index (χ0n) is 62.5. The molecule has 0 unspecified atom stereocenters. The third kappa shape index (κ3) is 25.0. The number of fused-ring (bicyclic) bond motifs is 2. The third-order valence-electron chi connectivity index (χ3n) is 19.1. The number of hydrogen-bond donors (Lipinski definition) is 19. The van der Waals surface area contributed by atoms with E-state index in [0.717, 1.165) is 26.0 Å². The number of para-hydroxylation sites is 2. The van der Waals surface area contributed by atoms with Gasteiger partial charge in [-0.05, 0) is 66.6 Å². The number of halogens is 3. The van der Waals surface area contributed by atoms with Gasteiger partial charge in [-0.15, -0.1) is 0 Å². The summed E-state index contributed by atoms with van der Waals surface area (Å²) in [6.07, 6.45) is -5.57. The van der Waals surface area contributed by atoms with Gasteiger partial charge in [-0.25, -0.2) is 4.98 Å². The summed E-state index contributed by atoms with van der Waals surface area (Å²) in [5, 5.41) is 49.3. The van der Waals surface area contributed by atoms with Crippen LogP contribution in [0.5, 0.6) is 0 Å². The van der Waals surface area contributed by atoms with Crippen LogP contribution >= 0.6 is 21.6 Å². The number of hydrogen-bond acceptors (Lipinski definition) is 20. The van der Waals surface area contributed by atoms with Gasteiger partial charge in [0.05, 0.1) is 43.0 Å². The van der Waals surface area contributed by atoms with E-state index in [1.165, 1.54) is 24.3 Å². The predicted octanol–water partition coefficient (Wildman–Crippen LogP) is -2.46. The van der Waals surface area contributed by atoms with Crippen LogP contribution in [-0.4, -0.2) is 226 Å². The molecule has 0 saturated carbocycles. The van der Waals surface area contributed by atoms with Crippen molar-refractivity contribution in [3.8, 4) is 0 Å². The molecule has 618 valence electrons. The molecule has 14 atom stereocenters. The first kappa shape index (κ1) is 88.5. The number of rotatable bonds is 28. The summed E-state index contributed by atoms with van der Waals surface area (Å²) in [5.74, 6) is -21.6. The topological polar surface area (TPSA) is 587 Å². The maximum absolute atomic E-state index is 15.3. The lowest BCUT2D eigenvalue weighted by Crippen LogP contribution is -2.63. The summed E-state index contributed by atoms with van der Waals surface area (Å²) < 4.78 is 41.6. The highest BCUT2D eigenvalue weighted by molar-refractivity contribution is 8.76. The molecule has 0 bridgehead atoms. The van der Waals surface area contributed by atoms with Crippen molar-refractivity contribution in [3.63, 3.8) is 0 Å². The molecule has 0 radical (unpaired) electrons. The first-order chi connectivity index (χ1) is 54.5. The van der Waals surface area contributed by atoms with Gasteiger partial charge in [0, 0.05) is 91.1 Å². The van der Waals surface area contributed by atoms with Crippen LogP contribution in [0.2, 0.25) is 0 Å². The number of aromatic nitrogens is 4. The summed E-state index contributed by atoms with van der Waals surface area (Å²) >= 11 is 0. The minimum absolute atomic E-state index is 0.0151. The molecule has 6 aromatic rings. The number of aromatic amines is 3. The maximum atomic E-state index is 15.3. The second kappa shape index (κ2) is 40.6. The Labute approximate surface area is 661 Å². The summed E-state index contributed by atoms with van der Waals surface area (Å²) in [4.78, 5) is 241. The van der Waals surface area contributed by atoms with E-state index in [0.29, 0.717) is 73.1 Å². The second-order valence-corrected chi connectivity index (χ2v) is 30.3. The molecular weight excluding hydrogens is 1550 g/mol. The first-order valence-corrected chi connectivity index (χ1v) is 38.8.